The van der Waals surface area contributed by atoms with Crippen molar-refractivity contribution in [3.63, 3.8) is 0 Å². The van der Waals surface area contributed by atoms with E-state index in [-0.39, 0.29) is 6.54 Å². The minimum atomic E-state index is -4.58. The Morgan fingerprint density at radius 3 is 2.68 bits per heavy atom. The Labute approximate surface area is 141 Å². The lowest BCUT2D eigenvalue weighted by molar-refractivity contribution is -0.309. The zero-order valence-electron chi connectivity index (χ0n) is 13.7. The number of halogens is 3. The molecule has 0 aliphatic heterocycles. The van der Waals surface area contributed by atoms with Crippen molar-refractivity contribution in [1.29, 1.82) is 0 Å². The largest absolute Gasteiger partial charge is 0.417 e. The summed E-state index contributed by atoms with van der Waals surface area (Å²) >= 11 is 0. The van der Waals surface area contributed by atoms with Crippen molar-refractivity contribution in [1.82, 2.24) is 19.5 Å². The molecule has 2 heterocycles. The third-order valence-electron chi connectivity index (χ3n) is 4.64. The van der Waals surface area contributed by atoms with Gasteiger partial charge in [0.05, 0.1) is 6.54 Å². The highest BCUT2D eigenvalue weighted by molar-refractivity contribution is 5.87. The zero-order valence-corrected chi connectivity index (χ0v) is 13.7. The van der Waals surface area contributed by atoms with Crippen LogP contribution in [0.1, 0.15) is 18.7 Å². The number of hydrogen-bond donors (Lipinski definition) is 1. The Morgan fingerprint density at radius 1 is 1.40 bits per heavy atom. The molecule has 2 N–H and O–H groups in total. The Bertz CT molecular complexity index is 798. The summed E-state index contributed by atoms with van der Waals surface area (Å²) in [5, 5.41) is 7.97. The molecule has 1 amide bonds. The van der Waals surface area contributed by atoms with Gasteiger partial charge in [0, 0.05) is 33.2 Å². The highest BCUT2D eigenvalue weighted by Crippen LogP contribution is 2.52. The number of rotatable bonds is 4. The van der Waals surface area contributed by atoms with Crippen molar-refractivity contribution < 1.29 is 22.7 Å². The number of nitrogens with two attached hydrogens (primary N) is 1. The number of pyridine rings is 1. The summed E-state index contributed by atoms with van der Waals surface area (Å²) in [5.74, 6) is -0.0969. The highest BCUT2D eigenvalue weighted by atomic mass is 19.4. The monoisotopic (exact) mass is 357 g/mol. The molecule has 7 nitrogen and oxygen atoms in total. The number of carbonyl (C=O) groups excluding carboxylic acids is 1. The van der Waals surface area contributed by atoms with Gasteiger partial charge >= 0.3 is 6.18 Å². The van der Waals surface area contributed by atoms with Gasteiger partial charge in [0.15, 0.2) is 17.1 Å². The van der Waals surface area contributed by atoms with E-state index in [0.29, 0.717) is 11.5 Å². The van der Waals surface area contributed by atoms with Crippen LogP contribution in [0.2, 0.25) is 0 Å². The van der Waals surface area contributed by atoms with E-state index in [1.807, 2.05) is 0 Å². The molecule has 0 radical (unpaired) electrons. The SMILES string of the molecule is COC1(C(F)(F)F)CC(N)(C(=O)N(C)Cc2nnc3ccccn23)C1. The lowest BCUT2D eigenvalue weighted by Gasteiger charge is -2.53. The molecule has 25 heavy (non-hydrogen) atoms. The van der Waals surface area contributed by atoms with Crippen molar-refractivity contribution >= 4 is 11.6 Å². The number of aromatic nitrogens is 3. The van der Waals surface area contributed by atoms with E-state index in [1.165, 1.54) is 11.9 Å². The molecule has 0 aromatic carbocycles. The Kier molecular flexibility index (Phi) is 3.99. The van der Waals surface area contributed by atoms with Crippen LogP contribution in [0.4, 0.5) is 13.2 Å². The second-order valence-electron chi connectivity index (χ2n) is 6.41. The topological polar surface area (TPSA) is 85.8 Å². The quantitative estimate of drug-likeness (QED) is 0.886. The molecule has 0 unspecified atom stereocenters. The van der Waals surface area contributed by atoms with E-state index >= 15 is 0 Å². The van der Waals surface area contributed by atoms with Gasteiger partial charge in [-0.3, -0.25) is 9.20 Å². The van der Waals surface area contributed by atoms with Gasteiger partial charge in [-0.15, -0.1) is 10.2 Å². The molecule has 1 saturated carbocycles. The molecule has 0 saturated heterocycles. The van der Waals surface area contributed by atoms with Crippen LogP contribution in [-0.4, -0.2) is 56.9 Å². The molecular formula is C15H18F3N5O2. The van der Waals surface area contributed by atoms with Crippen LogP contribution in [0.3, 0.4) is 0 Å². The van der Waals surface area contributed by atoms with E-state index < -0.39 is 36.1 Å². The number of hydrogen-bond acceptors (Lipinski definition) is 5. The standard InChI is InChI=1S/C15H18F3N5O2/c1-22(7-11-21-20-10-5-3-4-6-23(10)11)12(24)13(19)8-14(9-13,25-2)15(16,17)18/h3-6H,7-9,19H2,1-2H3. The third kappa shape index (κ3) is 2.74. The molecule has 0 atom stereocenters. The summed E-state index contributed by atoms with van der Waals surface area (Å²) in [6, 6.07) is 5.34. The summed E-state index contributed by atoms with van der Waals surface area (Å²) in [5.41, 5.74) is 2.56. The fourth-order valence-electron chi connectivity index (χ4n) is 3.24. The molecule has 1 aliphatic rings. The Balaban J connectivity index is 1.73. The second-order valence-corrected chi connectivity index (χ2v) is 6.41. The fraction of sp³-hybridized carbons (Fsp3) is 0.533. The number of fused-ring (bicyclic) bond motifs is 1. The highest BCUT2D eigenvalue weighted by Gasteiger charge is 2.70. The van der Waals surface area contributed by atoms with E-state index in [1.54, 1.807) is 28.8 Å². The van der Waals surface area contributed by atoms with Gasteiger partial charge in [0.25, 0.3) is 0 Å². The maximum Gasteiger partial charge on any atom is 0.417 e. The van der Waals surface area contributed by atoms with Gasteiger partial charge < -0.3 is 15.4 Å². The van der Waals surface area contributed by atoms with E-state index in [0.717, 1.165) is 7.11 Å². The van der Waals surface area contributed by atoms with Crippen LogP contribution in [0.15, 0.2) is 24.4 Å². The molecule has 136 valence electrons. The number of methoxy groups -OCH3 is 1. The smallest absolute Gasteiger partial charge is 0.369 e. The summed E-state index contributed by atoms with van der Waals surface area (Å²) in [7, 11) is 2.45. The molecule has 0 spiro atoms. The van der Waals surface area contributed by atoms with Crippen molar-refractivity contribution in [3.8, 4) is 0 Å². The maximum absolute atomic E-state index is 13.1. The number of likely N-dealkylation sites (N-methyl/N-ethyl adjacent to an activating group) is 1. The van der Waals surface area contributed by atoms with Crippen LogP contribution in [0.25, 0.3) is 5.65 Å². The van der Waals surface area contributed by atoms with Crippen LogP contribution in [0.5, 0.6) is 0 Å². The van der Waals surface area contributed by atoms with E-state index in [2.05, 4.69) is 14.9 Å². The fourth-order valence-corrected chi connectivity index (χ4v) is 3.24. The number of alkyl halides is 3. The van der Waals surface area contributed by atoms with Crippen LogP contribution < -0.4 is 5.73 Å². The molecule has 2 aromatic heterocycles. The molecule has 3 rings (SSSR count). The van der Waals surface area contributed by atoms with Gasteiger partial charge in [0.1, 0.15) is 5.54 Å². The minimum Gasteiger partial charge on any atom is -0.369 e. The zero-order chi connectivity index (χ0) is 18.5. The first kappa shape index (κ1) is 17.6. The third-order valence-corrected chi connectivity index (χ3v) is 4.64. The first-order valence-electron chi connectivity index (χ1n) is 7.57. The summed E-state index contributed by atoms with van der Waals surface area (Å²) in [4.78, 5) is 13.8. The molecule has 1 fully saturated rings. The molecule has 1 aliphatic carbocycles. The van der Waals surface area contributed by atoms with Crippen LogP contribution in [0, 0.1) is 0 Å². The van der Waals surface area contributed by atoms with Gasteiger partial charge in [-0.1, -0.05) is 6.07 Å². The maximum atomic E-state index is 13.1. The first-order valence-corrected chi connectivity index (χ1v) is 7.57. The molecule has 10 heteroatoms. The minimum absolute atomic E-state index is 0.0783. The molecule has 0 bridgehead atoms. The summed E-state index contributed by atoms with van der Waals surface area (Å²) in [6.45, 7) is 0.0783. The average Bonchev–Trinajstić information content (AvgIpc) is 2.93. The lowest BCUT2D eigenvalue weighted by Crippen LogP contribution is -2.73. The summed E-state index contributed by atoms with van der Waals surface area (Å²) in [6.07, 6.45) is -4.05. The van der Waals surface area contributed by atoms with Crippen molar-refractivity contribution in [2.45, 2.75) is 36.7 Å². The van der Waals surface area contributed by atoms with E-state index in [4.69, 9.17) is 5.73 Å². The van der Waals surface area contributed by atoms with Crippen molar-refractivity contribution in [2.75, 3.05) is 14.2 Å². The lowest BCUT2D eigenvalue weighted by atomic mass is 9.64. The predicted molar refractivity (Wildman–Crippen MR) is 81.4 cm³/mol. The normalized spacial score (nSPS) is 26.5. The Morgan fingerprint density at radius 2 is 2.08 bits per heavy atom. The number of nitrogens with zero attached hydrogens (tertiary/aromatic N) is 4. The first-order chi connectivity index (χ1) is 11.6. The molecule has 2 aromatic rings. The average molecular weight is 357 g/mol. The van der Waals surface area contributed by atoms with Gasteiger partial charge in [-0.05, 0) is 12.1 Å². The van der Waals surface area contributed by atoms with Crippen LogP contribution >= 0.6 is 0 Å². The second kappa shape index (κ2) is 5.67. The van der Waals surface area contributed by atoms with Crippen molar-refractivity contribution in [2.24, 2.45) is 5.73 Å². The Hall–Kier alpha value is -2.20. The molecular weight excluding hydrogens is 339 g/mol. The van der Waals surface area contributed by atoms with Gasteiger partial charge in [-0.2, -0.15) is 13.2 Å². The predicted octanol–water partition coefficient (Wildman–Crippen LogP) is 1.13. The van der Waals surface area contributed by atoms with Crippen molar-refractivity contribution in [3.05, 3.63) is 30.2 Å². The number of carbonyl (C=O) groups is 1. The van der Waals surface area contributed by atoms with E-state index in [9.17, 15) is 18.0 Å². The van der Waals surface area contributed by atoms with Crippen LogP contribution in [-0.2, 0) is 16.1 Å². The van der Waals surface area contributed by atoms with Gasteiger partial charge in [-0.25, -0.2) is 0 Å². The number of amides is 1. The summed E-state index contributed by atoms with van der Waals surface area (Å²) < 4.78 is 45.7. The number of ether oxygens (including phenoxy) is 1. The van der Waals surface area contributed by atoms with Gasteiger partial charge in [0.2, 0.25) is 5.91 Å².